The third kappa shape index (κ3) is 2.28. The molecule has 2 unspecified atom stereocenters. The Bertz CT molecular complexity index is 657. The largest absolute Gasteiger partial charge is 0.497 e. The smallest absolute Gasteiger partial charge is 0.174 e. The maximum atomic E-state index is 6.10. The molecule has 1 aliphatic carbocycles. The summed E-state index contributed by atoms with van der Waals surface area (Å²) in [5, 5.41) is 0. The monoisotopic (exact) mass is 297 g/mol. The molecule has 4 rings (SSSR count). The number of rotatable bonds is 2. The number of nitrogens with zero attached hydrogens (tertiary/aromatic N) is 1. The summed E-state index contributed by atoms with van der Waals surface area (Å²) < 4.78 is 16.9. The molecule has 4 heteroatoms. The molecular weight excluding hydrogens is 278 g/mol. The van der Waals surface area contributed by atoms with Crippen molar-refractivity contribution in [2.24, 2.45) is 4.99 Å². The fourth-order valence-electron chi connectivity index (χ4n) is 3.44. The lowest BCUT2D eigenvalue weighted by Crippen LogP contribution is -2.29. The predicted molar refractivity (Wildman–Crippen MR) is 84.0 cm³/mol. The van der Waals surface area contributed by atoms with Crippen LogP contribution < -0.4 is 4.74 Å². The Balaban J connectivity index is 1.58. The normalized spacial score (nSPS) is 26.3. The molecule has 2 atom stereocenters. The van der Waals surface area contributed by atoms with Crippen LogP contribution in [0.2, 0.25) is 0 Å². The molecule has 1 aromatic carbocycles. The SMILES string of the molecule is COc1ccc(C2COC3=C(CCC4OC=NC=C34)C2)cc1. The highest BCUT2D eigenvalue weighted by molar-refractivity contribution is 5.54. The molecule has 2 aliphatic heterocycles. The summed E-state index contributed by atoms with van der Waals surface area (Å²) >= 11 is 0. The Labute approximate surface area is 130 Å². The highest BCUT2D eigenvalue weighted by Crippen LogP contribution is 2.42. The van der Waals surface area contributed by atoms with Crippen LogP contribution >= 0.6 is 0 Å². The van der Waals surface area contributed by atoms with Gasteiger partial charge in [0.2, 0.25) is 0 Å². The van der Waals surface area contributed by atoms with E-state index in [-0.39, 0.29) is 6.10 Å². The minimum Gasteiger partial charge on any atom is -0.497 e. The predicted octanol–water partition coefficient (Wildman–Crippen LogP) is 3.56. The lowest BCUT2D eigenvalue weighted by Gasteiger charge is -2.35. The zero-order chi connectivity index (χ0) is 14.9. The number of ether oxygens (including phenoxy) is 3. The van der Waals surface area contributed by atoms with Crippen molar-refractivity contribution in [2.45, 2.75) is 31.3 Å². The second-order valence-corrected chi connectivity index (χ2v) is 5.92. The van der Waals surface area contributed by atoms with Gasteiger partial charge in [-0.1, -0.05) is 12.1 Å². The molecular formula is C18H19NO3. The number of methoxy groups -OCH3 is 1. The van der Waals surface area contributed by atoms with Gasteiger partial charge in [-0.15, -0.1) is 0 Å². The summed E-state index contributed by atoms with van der Waals surface area (Å²) in [7, 11) is 1.69. The topological polar surface area (TPSA) is 40.0 Å². The summed E-state index contributed by atoms with van der Waals surface area (Å²) in [5.41, 5.74) is 3.81. The molecule has 114 valence electrons. The molecule has 1 aromatic rings. The van der Waals surface area contributed by atoms with E-state index in [1.807, 2.05) is 18.3 Å². The number of benzene rings is 1. The Kier molecular flexibility index (Phi) is 3.37. The van der Waals surface area contributed by atoms with Gasteiger partial charge in [0.05, 0.1) is 19.3 Å². The van der Waals surface area contributed by atoms with E-state index in [1.165, 1.54) is 17.5 Å². The molecule has 0 amide bonds. The first-order valence-electron chi connectivity index (χ1n) is 7.71. The summed E-state index contributed by atoms with van der Waals surface area (Å²) in [6.45, 7) is 0.707. The van der Waals surface area contributed by atoms with E-state index in [2.05, 4.69) is 17.1 Å². The average Bonchev–Trinajstić information content (AvgIpc) is 2.61. The first kappa shape index (κ1) is 13.4. The van der Waals surface area contributed by atoms with Gasteiger partial charge >= 0.3 is 0 Å². The second-order valence-electron chi connectivity index (χ2n) is 5.92. The van der Waals surface area contributed by atoms with Crippen molar-refractivity contribution >= 4 is 6.40 Å². The molecule has 4 nitrogen and oxygen atoms in total. The highest BCUT2D eigenvalue weighted by atomic mass is 16.5. The third-order valence-corrected chi connectivity index (χ3v) is 4.65. The van der Waals surface area contributed by atoms with Gasteiger partial charge in [-0.25, -0.2) is 4.99 Å². The first-order valence-corrected chi connectivity index (χ1v) is 7.71. The molecule has 0 aromatic heterocycles. The number of fused-ring (bicyclic) bond motifs is 2. The molecule has 3 aliphatic rings. The van der Waals surface area contributed by atoms with Gasteiger partial charge in [0.15, 0.2) is 6.40 Å². The van der Waals surface area contributed by atoms with Crippen molar-refractivity contribution in [3.8, 4) is 5.75 Å². The minimum absolute atomic E-state index is 0.119. The van der Waals surface area contributed by atoms with Gasteiger partial charge in [-0.2, -0.15) is 0 Å². The van der Waals surface area contributed by atoms with E-state index in [9.17, 15) is 0 Å². The van der Waals surface area contributed by atoms with Crippen molar-refractivity contribution in [1.82, 2.24) is 0 Å². The van der Waals surface area contributed by atoms with Crippen molar-refractivity contribution in [1.29, 1.82) is 0 Å². The summed E-state index contributed by atoms with van der Waals surface area (Å²) in [6, 6.07) is 8.30. The maximum Gasteiger partial charge on any atom is 0.174 e. The van der Waals surface area contributed by atoms with Crippen molar-refractivity contribution in [2.75, 3.05) is 13.7 Å². The van der Waals surface area contributed by atoms with Gasteiger partial charge in [0.25, 0.3) is 0 Å². The van der Waals surface area contributed by atoms with Crippen molar-refractivity contribution < 1.29 is 14.2 Å². The Morgan fingerprint density at radius 3 is 2.91 bits per heavy atom. The Morgan fingerprint density at radius 1 is 1.23 bits per heavy atom. The number of aliphatic imine (C=N–C) groups is 1. The van der Waals surface area contributed by atoms with Crippen LogP contribution in [0.4, 0.5) is 0 Å². The van der Waals surface area contributed by atoms with Crippen LogP contribution in [-0.2, 0) is 9.47 Å². The van der Waals surface area contributed by atoms with Gasteiger partial charge in [-0.3, -0.25) is 0 Å². The standard InChI is InChI=1S/C18H19NO3/c1-20-15-5-2-12(3-6-15)14-8-13-4-7-17-16(9-19-11-22-17)18(13)21-10-14/h2-3,5-6,9,11,14,17H,4,7-8,10H2,1H3. The van der Waals surface area contributed by atoms with Crippen LogP contribution in [0, 0.1) is 0 Å². The zero-order valence-corrected chi connectivity index (χ0v) is 12.6. The molecule has 0 saturated heterocycles. The van der Waals surface area contributed by atoms with E-state index in [0.717, 1.165) is 36.3 Å². The van der Waals surface area contributed by atoms with E-state index in [1.54, 1.807) is 7.11 Å². The molecule has 22 heavy (non-hydrogen) atoms. The maximum absolute atomic E-state index is 6.10. The van der Waals surface area contributed by atoms with Crippen LogP contribution in [0.3, 0.4) is 0 Å². The van der Waals surface area contributed by atoms with Gasteiger partial charge in [-0.05, 0) is 42.5 Å². The van der Waals surface area contributed by atoms with Crippen molar-refractivity contribution in [3.63, 3.8) is 0 Å². The fourth-order valence-corrected chi connectivity index (χ4v) is 3.44. The lowest BCUT2D eigenvalue weighted by molar-refractivity contribution is 0.136. The van der Waals surface area contributed by atoms with Crippen LogP contribution in [0.25, 0.3) is 0 Å². The molecule has 2 heterocycles. The van der Waals surface area contributed by atoms with Gasteiger partial charge in [0.1, 0.15) is 17.6 Å². The van der Waals surface area contributed by atoms with Crippen LogP contribution in [-0.4, -0.2) is 26.2 Å². The third-order valence-electron chi connectivity index (χ3n) is 4.65. The van der Waals surface area contributed by atoms with Crippen LogP contribution in [0.5, 0.6) is 5.75 Å². The van der Waals surface area contributed by atoms with Crippen LogP contribution in [0.1, 0.15) is 30.7 Å². The molecule has 0 N–H and O–H groups in total. The molecule has 0 saturated carbocycles. The zero-order valence-electron chi connectivity index (χ0n) is 12.6. The summed E-state index contributed by atoms with van der Waals surface area (Å²) in [4.78, 5) is 4.11. The molecule has 0 bridgehead atoms. The average molecular weight is 297 g/mol. The van der Waals surface area contributed by atoms with E-state index >= 15 is 0 Å². The highest BCUT2D eigenvalue weighted by Gasteiger charge is 2.34. The first-order chi connectivity index (χ1) is 10.8. The minimum atomic E-state index is 0.119. The van der Waals surface area contributed by atoms with Gasteiger partial charge in [0, 0.05) is 12.1 Å². The van der Waals surface area contributed by atoms with Crippen molar-refractivity contribution in [3.05, 3.63) is 52.9 Å². The Hall–Kier alpha value is -2.23. The number of hydrogen-bond donors (Lipinski definition) is 0. The van der Waals surface area contributed by atoms with E-state index < -0.39 is 0 Å². The fraction of sp³-hybridized carbons (Fsp3) is 0.389. The summed E-state index contributed by atoms with van der Waals surface area (Å²) in [5.74, 6) is 2.33. The number of hydrogen-bond acceptors (Lipinski definition) is 4. The quantitative estimate of drug-likeness (QED) is 0.838. The van der Waals surface area contributed by atoms with E-state index in [4.69, 9.17) is 14.2 Å². The molecule has 0 spiro atoms. The molecule has 0 fully saturated rings. The Morgan fingerprint density at radius 2 is 2.09 bits per heavy atom. The lowest BCUT2D eigenvalue weighted by atomic mass is 9.82. The van der Waals surface area contributed by atoms with Crippen LogP contribution in [0.15, 0.2) is 52.4 Å². The number of allylic oxidation sites excluding steroid dienone is 1. The van der Waals surface area contributed by atoms with E-state index in [0.29, 0.717) is 12.5 Å². The van der Waals surface area contributed by atoms with Gasteiger partial charge < -0.3 is 14.2 Å². The molecule has 0 radical (unpaired) electrons. The second kappa shape index (κ2) is 5.52. The summed E-state index contributed by atoms with van der Waals surface area (Å²) in [6.07, 6.45) is 6.63.